The number of rotatable bonds is 1. The maximum absolute atomic E-state index is 11.9. The first kappa shape index (κ1) is 12.7. The molecule has 0 aromatic heterocycles. The van der Waals surface area contributed by atoms with Crippen molar-refractivity contribution in [2.45, 2.75) is 44.6 Å². The second-order valence-electron chi connectivity index (χ2n) is 5.88. The van der Waals surface area contributed by atoms with Gasteiger partial charge in [-0.05, 0) is 36.3 Å². The molecule has 1 fully saturated rings. The lowest BCUT2D eigenvalue weighted by Crippen LogP contribution is -2.42. The number of nitrogens with zero attached hydrogens (tertiary/aromatic N) is 1. The summed E-state index contributed by atoms with van der Waals surface area (Å²) in [6.45, 7) is 4.50. The van der Waals surface area contributed by atoms with Crippen LogP contribution in [0, 0.1) is 12.8 Å². The molecule has 0 N–H and O–H groups in total. The van der Waals surface area contributed by atoms with E-state index in [0.717, 1.165) is 13.0 Å². The molecular formula is C17H22NO. The summed E-state index contributed by atoms with van der Waals surface area (Å²) in [5.41, 5.74) is 2.80. The molecule has 0 bridgehead atoms. The Morgan fingerprint density at radius 3 is 2.63 bits per heavy atom. The summed E-state index contributed by atoms with van der Waals surface area (Å²) in [5.74, 6) is 0.617. The van der Waals surface area contributed by atoms with E-state index in [-0.39, 0.29) is 11.9 Å². The van der Waals surface area contributed by atoms with E-state index in [2.05, 4.69) is 31.2 Å². The van der Waals surface area contributed by atoms with Crippen LogP contribution in [0.2, 0.25) is 0 Å². The molecule has 1 aromatic rings. The summed E-state index contributed by atoms with van der Waals surface area (Å²) < 4.78 is 0. The van der Waals surface area contributed by atoms with Crippen LogP contribution < -0.4 is 0 Å². The Morgan fingerprint density at radius 2 is 1.89 bits per heavy atom. The molecule has 1 aliphatic carbocycles. The zero-order valence-electron chi connectivity index (χ0n) is 11.5. The first-order valence-electron chi connectivity index (χ1n) is 7.48. The molecule has 0 saturated heterocycles. The van der Waals surface area contributed by atoms with Gasteiger partial charge in [0.25, 0.3) is 0 Å². The van der Waals surface area contributed by atoms with Gasteiger partial charge in [0.2, 0.25) is 5.91 Å². The third-order valence-electron chi connectivity index (χ3n) is 4.75. The highest BCUT2D eigenvalue weighted by Crippen LogP contribution is 2.41. The van der Waals surface area contributed by atoms with Crippen LogP contribution in [0.25, 0.3) is 0 Å². The lowest BCUT2D eigenvalue weighted by Gasteiger charge is -2.42. The molecule has 1 aromatic carbocycles. The normalized spacial score (nSPS) is 24.1. The Morgan fingerprint density at radius 1 is 1.16 bits per heavy atom. The van der Waals surface area contributed by atoms with Gasteiger partial charge in [0, 0.05) is 13.5 Å². The molecule has 101 valence electrons. The average Bonchev–Trinajstić information content (AvgIpc) is 2.46. The van der Waals surface area contributed by atoms with E-state index in [9.17, 15) is 4.79 Å². The van der Waals surface area contributed by atoms with E-state index >= 15 is 0 Å². The maximum Gasteiger partial charge on any atom is 0.223 e. The Labute approximate surface area is 115 Å². The fourth-order valence-electron chi connectivity index (χ4n) is 3.84. The molecule has 19 heavy (non-hydrogen) atoms. The van der Waals surface area contributed by atoms with E-state index in [1.807, 2.05) is 4.90 Å². The Hall–Kier alpha value is -1.31. The second-order valence-corrected chi connectivity index (χ2v) is 5.88. The zero-order chi connectivity index (χ0) is 13.2. The van der Waals surface area contributed by atoms with Crippen molar-refractivity contribution in [3.63, 3.8) is 0 Å². The Bertz CT molecular complexity index is 462. The first-order chi connectivity index (χ1) is 9.27. The predicted molar refractivity (Wildman–Crippen MR) is 76.5 cm³/mol. The summed E-state index contributed by atoms with van der Waals surface area (Å²) in [5, 5.41) is 0. The largest absolute Gasteiger partial charge is 0.335 e. The number of benzene rings is 1. The van der Waals surface area contributed by atoms with Crippen LogP contribution in [0.3, 0.4) is 0 Å². The number of hydrogen-bond acceptors (Lipinski definition) is 1. The molecular weight excluding hydrogens is 234 g/mol. The minimum atomic E-state index is -0.00919. The van der Waals surface area contributed by atoms with Gasteiger partial charge in [0.1, 0.15) is 0 Å². The van der Waals surface area contributed by atoms with Crippen LogP contribution in [-0.2, 0) is 11.2 Å². The van der Waals surface area contributed by atoms with Crippen molar-refractivity contribution in [2.75, 3.05) is 6.54 Å². The third-order valence-corrected chi connectivity index (χ3v) is 4.75. The highest BCUT2D eigenvalue weighted by atomic mass is 16.2. The van der Waals surface area contributed by atoms with Crippen molar-refractivity contribution in [1.29, 1.82) is 0 Å². The SMILES string of the molecule is [CH2]C(=O)N1CCc2ccccc2C1C1CCCCC1. The molecule has 2 nitrogen and oxygen atoms in total. The van der Waals surface area contributed by atoms with Crippen LogP contribution in [0.5, 0.6) is 0 Å². The van der Waals surface area contributed by atoms with Crippen molar-refractivity contribution in [1.82, 2.24) is 4.90 Å². The van der Waals surface area contributed by atoms with Gasteiger partial charge in [-0.3, -0.25) is 4.79 Å². The van der Waals surface area contributed by atoms with Gasteiger partial charge >= 0.3 is 0 Å². The third kappa shape index (κ3) is 2.41. The zero-order valence-corrected chi connectivity index (χ0v) is 11.5. The molecule has 1 saturated carbocycles. The molecule has 1 radical (unpaired) electrons. The van der Waals surface area contributed by atoms with Crippen LogP contribution in [0.4, 0.5) is 0 Å². The van der Waals surface area contributed by atoms with E-state index in [1.165, 1.54) is 43.2 Å². The van der Waals surface area contributed by atoms with Crippen LogP contribution >= 0.6 is 0 Å². The molecule has 1 atom stereocenters. The standard InChI is InChI=1S/C17H22NO/c1-13(19)18-12-11-14-7-5-6-10-16(14)17(18)15-8-3-2-4-9-15/h5-7,10,15,17H,1-4,8-9,11-12H2. The molecule has 2 heteroatoms. The van der Waals surface area contributed by atoms with Crippen LogP contribution in [0.15, 0.2) is 24.3 Å². The molecule has 0 spiro atoms. The van der Waals surface area contributed by atoms with Crippen molar-refractivity contribution in [3.05, 3.63) is 42.3 Å². The number of carbonyl (C=O) groups is 1. The van der Waals surface area contributed by atoms with Gasteiger partial charge in [-0.2, -0.15) is 0 Å². The molecule has 1 aliphatic heterocycles. The lowest BCUT2D eigenvalue weighted by molar-refractivity contribution is -0.130. The molecule has 1 heterocycles. The Balaban J connectivity index is 1.96. The number of carbonyl (C=O) groups excluding carboxylic acids is 1. The van der Waals surface area contributed by atoms with E-state index < -0.39 is 0 Å². The highest BCUT2D eigenvalue weighted by Gasteiger charge is 2.35. The number of fused-ring (bicyclic) bond motifs is 1. The van der Waals surface area contributed by atoms with E-state index in [1.54, 1.807) is 0 Å². The minimum absolute atomic E-state index is 0.00919. The van der Waals surface area contributed by atoms with Gasteiger partial charge in [-0.15, -0.1) is 0 Å². The summed E-state index contributed by atoms with van der Waals surface area (Å²) in [7, 11) is 0. The average molecular weight is 256 g/mol. The van der Waals surface area contributed by atoms with Gasteiger partial charge in [0.15, 0.2) is 0 Å². The maximum atomic E-state index is 11.9. The minimum Gasteiger partial charge on any atom is -0.335 e. The van der Waals surface area contributed by atoms with Crippen molar-refractivity contribution in [3.8, 4) is 0 Å². The van der Waals surface area contributed by atoms with Gasteiger partial charge < -0.3 is 4.90 Å². The fourth-order valence-corrected chi connectivity index (χ4v) is 3.84. The first-order valence-corrected chi connectivity index (χ1v) is 7.48. The fraction of sp³-hybridized carbons (Fsp3) is 0.529. The lowest BCUT2D eigenvalue weighted by atomic mass is 9.77. The predicted octanol–water partition coefficient (Wildman–Crippen LogP) is 3.53. The summed E-state index contributed by atoms with van der Waals surface area (Å²) in [6, 6.07) is 8.92. The van der Waals surface area contributed by atoms with Gasteiger partial charge in [0.05, 0.1) is 6.04 Å². The molecule has 3 rings (SSSR count). The summed E-state index contributed by atoms with van der Waals surface area (Å²) >= 11 is 0. The van der Waals surface area contributed by atoms with Crippen LogP contribution in [-0.4, -0.2) is 17.4 Å². The summed E-state index contributed by atoms with van der Waals surface area (Å²) in [4.78, 5) is 13.9. The number of hydrogen-bond donors (Lipinski definition) is 0. The van der Waals surface area contributed by atoms with Crippen molar-refractivity contribution < 1.29 is 4.79 Å². The quantitative estimate of drug-likeness (QED) is 0.752. The van der Waals surface area contributed by atoms with E-state index in [0.29, 0.717) is 5.92 Å². The monoisotopic (exact) mass is 256 g/mol. The van der Waals surface area contributed by atoms with Crippen LogP contribution in [0.1, 0.15) is 49.3 Å². The van der Waals surface area contributed by atoms with Gasteiger partial charge in [-0.1, -0.05) is 43.5 Å². The summed E-state index contributed by atoms with van der Waals surface area (Å²) in [6.07, 6.45) is 7.44. The molecule has 1 amide bonds. The molecule has 1 unspecified atom stereocenters. The Kier molecular flexibility index (Phi) is 3.58. The van der Waals surface area contributed by atoms with Gasteiger partial charge in [-0.25, -0.2) is 0 Å². The number of amides is 1. The van der Waals surface area contributed by atoms with E-state index in [4.69, 9.17) is 0 Å². The molecule has 2 aliphatic rings. The highest BCUT2D eigenvalue weighted by molar-refractivity contribution is 5.81. The second kappa shape index (κ2) is 5.36. The topological polar surface area (TPSA) is 20.3 Å². The van der Waals surface area contributed by atoms with Crippen molar-refractivity contribution in [2.24, 2.45) is 5.92 Å². The smallest absolute Gasteiger partial charge is 0.223 e. The van der Waals surface area contributed by atoms with Crippen molar-refractivity contribution >= 4 is 5.91 Å².